The Labute approximate surface area is 88.1 Å². The van der Waals surface area contributed by atoms with Gasteiger partial charge in [-0.3, -0.25) is 0 Å². The van der Waals surface area contributed by atoms with Crippen molar-refractivity contribution >= 4 is 0 Å². The van der Waals surface area contributed by atoms with Crippen LogP contribution in [0, 0.1) is 5.92 Å². The maximum atomic E-state index is 9.28. The largest absolute Gasteiger partial charge is 0.393 e. The highest BCUT2D eigenvalue weighted by Gasteiger charge is 2.26. The van der Waals surface area contributed by atoms with Gasteiger partial charge < -0.3 is 10.4 Å². The van der Waals surface area contributed by atoms with Crippen molar-refractivity contribution < 1.29 is 5.11 Å². The van der Waals surface area contributed by atoms with E-state index in [2.05, 4.69) is 19.2 Å². The van der Waals surface area contributed by atoms with E-state index >= 15 is 0 Å². The molecule has 1 fully saturated rings. The molecule has 2 N–H and O–H groups in total. The Hall–Kier alpha value is -0.0800. The highest BCUT2D eigenvalue weighted by Crippen LogP contribution is 2.28. The van der Waals surface area contributed by atoms with Crippen LogP contribution in [-0.4, -0.2) is 23.3 Å². The lowest BCUT2D eigenvalue weighted by Crippen LogP contribution is -2.40. The summed E-state index contributed by atoms with van der Waals surface area (Å²) in [5, 5.41) is 12.9. The van der Waals surface area contributed by atoms with Crippen LogP contribution in [0.3, 0.4) is 0 Å². The quantitative estimate of drug-likeness (QED) is 0.712. The van der Waals surface area contributed by atoms with Gasteiger partial charge in [-0.15, -0.1) is 0 Å². The highest BCUT2D eigenvalue weighted by molar-refractivity contribution is 4.84. The van der Waals surface area contributed by atoms with E-state index in [1.165, 1.54) is 25.7 Å². The number of aliphatic hydroxyl groups is 1. The molecule has 2 nitrogen and oxygen atoms in total. The van der Waals surface area contributed by atoms with E-state index in [1.807, 2.05) is 6.92 Å². The van der Waals surface area contributed by atoms with E-state index in [1.54, 1.807) is 0 Å². The van der Waals surface area contributed by atoms with Gasteiger partial charge in [0.25, 0.3) is 0 Å². The summed E-state index contributed by atoms with van der Waals surface area (Å²) >= 11 is 0. The lowest BCUT2D eigenvalue weighted by Gasteiger charge is -2.25. The fourth-order valence-electron chi connectivity index (χ4n) is 2.69. The second-order valence-electron chi connectivity index (χ2n) is 4.86. The van der Waals surface area contributed by atoms with Gasteiger partial charge in [0.05, 0.1) is 6.10 Å². The molecule has 0 amide bonds. The Morgan fingerprint density at radius 3 is 2.64 bits per heavy atom. The minimum Gasteiger partial charge on any atom is -0.393 e. The Kier molecular flexibility index (Phi) is 4.90. The molecule has 0 aliphatic heterocycles. The normalized spacial score (nSPS) is 31.7. The van der Waals surface area contributed by atoms with Crippen molar-refractivity contribution in [2.45, 2.75) is 71.1 Å². The number of aliphatic hydroxyl groups excluding tert-OH is 1. The Balaban J connectivity index is 2.28. The first-order valence-corrected chi connectivity index (χ1v) is 6.07. The first-order valence-electron chi connectivity index (χ1n) is 6.07. The van der Waals surface area contributed by atoms with Crippen molar-refractivity contribution in [2.24, 2.45) is 5.92 Å². The van der Waals surface area contributed by atoms with Crippen molar-refractivity contribution in [3.05, 3.63) is 0 Å². The van der Waals surface area contributed by atoms with Gasteiger partial charge in [0.1, 0.15) is 0 Å². The molecule has 0 heterocycles. The Bertz CT molecular complexity index is 158. The predicted molar refractivity (Wildman–Crippen MR) is 60.3 cm³/mol. The van der Waals surface area contributed by atoms with Gasteiger partial charge in [-0.05, 0) is 39.0 Å². The first kappa shape index (κ1) is 12.0. The van der Waals surface area contributed by atoms with E-state index in [0.717, 1.165) is 12.3 Å². The average Bonchev–Trinajstić information content (AvgIpc) is 2.50. The van der Waals surface area contributed by atoms with Crippen LogP contribution >= 0.6 is 0 Å². The van der Waals surface area contributed by atoms with Crippen molar-refractivity contribution in [3.63, 3.8) is 0 Å². The molecule has 1 aliphatic carbocycles. The Morgan fingerprint density at radius 2 is 2.07 bits per heavy atom. The third kappa shape index (κ3) is 3.58. The zero-order chi connectivity index (χ0) is 10.6. The highest BCUT2D eigenvalue weighted by atomic mass is 16.3. The summed E-state index contributed by atoms with van der Waals surface area (Å²) in [7, 11) is 0. The molecule has 0 saturated heterocycles. The van der Waals surface area contributed by atoms with Crippen LogP contribution in [0.25, 0.3) is 0 Å². The second kappa shape index (κ2) is 5.72. The van der Waals surface area contributed by atoms with Gasteiger partial charge in [-0.1, -0.05) is 19.8 Å². The minimum absolute atomic E-state index is 0.182. The molecule has 14 heavy (non-hydrogen) atoms. The zero-order valence-electron chi connectivity index (χ0n) is 9.79. The smallest absolute Gasteiger partial charge is 0.0526 e. The maximum absolute atomic E-state index is 9.28. The molecule has 0 aromatic heterocycles. The Morgan fingerprint density at radius 1 is 1.36 bits per heavy atom. The third-order valence-corrected chi connectivity index (χ3v) is 3.38. The summed E-state index contributed by atoms with van der Waals surface area (Å²) in [6, 6.07) is 1.15. The standard InChI is InChI=1S/C12H25NO/c1-4-11-6-5-7-12(11)13-9(2)8-10(3)14/h9-14H,4-8H2,1-3H3. The molecule has 1 aliphatic rings. The molecule has 0 bridgehead atoms. The fraction of sp³-hybridized carbons (Fsp3) is 1.00. The summed E-state index contributed by atoms with van der Waals surface area (Å²) in [6.07, 6.45) is 6.06. The second-order valence-corrected chi connectivity index (χ2v) is 4.86. The molecule has 1 saturated carbocycles. The van der Waals surface area contributed by atoms with Crippen molar-refractivity contribution in [2.75, 3.05) is 0 Å². The van der Waals surface area contributed by atoms with E-state index in [0.29, 0.717) is 12.1 Å². The van der Waals surface area contributed by atoms with Crippen LogP contribution < -0.4 is 5.32 Å². The van der Waals surface area contributed by atoms with Gasteiger partial charge in [-0.25, -0.2) is 0 Å². The van der Waals surface area contributed by atoms with Crippen LogP contribution in [0.2, 0.25) is 0 Å². The third-order valence-electron chi connectivity index (χ3n) is 3.38. The van der Waals surface area contributed by atoms with E-state index in [4.69, 9.17) is 0 Å². The molecule has 1 rings (SSSR count). The molecular formula is C12H25NO. The fourth-order valence-corrected chi connectivity index (χ4v) is 2.69. The summed E-state index contributed by atoms with van der Waals surface area (Å²) in [4.78, 5) is 0. The number of rotatable bonds is 5. The van der Waals surface area contributed by atoms with Crippen molar-refractivity contribution in [1.29, 1.82) is 0 Å². The molecule has 2 heteroatoms. The maximum Gasteiger partial charge on any atom is 0.0526 e. The molecule has 0 aromatic rings. The minimum atomic E-state index is -0.182. The van der Waals surface area contributed by atoms with E-state index < -0.39 is 0 Å². The molecule has 0 radical (unpaired) electrons. The summed E-state index contributed by atoms with van der Waals surface area (Å²) in [5.74, 6) is 0.867. The van der Waals surface area contributed by atoms with Crippen LogP contribution in [0.1, 0.15) is 52.9 Å². The summed E-state index contributed by atoms with van der Waals surface area (Å²) in [5.41, 5.74) is 0. The van der Waals surface area contributed by atoms with Gasteiger partial charge >= 0.3 is 0 Å². The van der Waals surface area contributed by atoms with Crippen LogP contribution in [0.4, 0.5) is 0 Å². The van der Waals surface area contributed by atoms with Gasteiger partial charge in [-0.2, -0.15) is 0 Å². The lowest BCUT2D eigenvalue weighted by atomic mass is 9.99. The molecule has 4 unspecified atom stereocenters. The topological polar surface area (TPSA) is 32.3 Å². The van der Waals surface area contributed by atoms with Gasteiger partial charge in [0.2, 0.25) is 0 Å². The zero-order valence-corrected chi connectivity index (χ0v) is 9.79. The molecule has 0 aromatic carbocycles. The van der Waals surface area contributed by atoms with Gasteiger partial charge in [0, 0.05) is 12.1 Å². The molecule has 84 valence electrons. The predicted octanol–water partition coefficient (Wildman–Crippen LogP) is 2.31. The van der Waals surface area contributed by atoms with Crippen molar-refractivity contribution in [1.82, 2.24) is 5.32 Å². The van der Waals surface area contributed by atoms with Crippen LogP contribution in [0.15, 0.2) is 0 Å². The molecule has 4 atom stereocenters. The van der Waals surface area contributed by atoms with E-state index in [-0.39, 0.29) is 6.10 Å². The lowest BCUT2D eigenvalue weighted by molar-refractivity contribution is 0.165. The van der Waals surface area contributed by atoms with E-state index in [9.17, 15) is 5.11 Å². The SMILES string of the molecule is CCC1CCCC1NC(C)CC(C)O. The van der Waals surface area contributed by atoms with Gasteiger partial charge in [0.15, 0.2) is 0 Å². The number of hydrogen-bond acceptors (Lipinski definition) is 2. The first-order chi connectivity index (χ1) is 6.63. The summed E-state index contributed by atoms with van der Waals surface area (Å²) < 4.78 is 0. The molecular weight excluding hydrogens is 174 g/mol. The van der Waals surface area contributed by atoms with Crippen molar-refractivity contribution in [3.8, 4) is 0 Å². The van der Waals surface area contributed by atoms with Crippen LogP contribution in [-0.2, 0) is 0 Å². The average molecular weight is 199 g/mol. The number of nitrogens with one attached hydrogen (secondary N) is 1. The monoisotopic (exact) mass is 199 g/mol. The summed E-state index contributed by atoms with van der Waals surface area (Å²) in [6.45, 7) is 6.33. The molecule has 0 spiro atoms. The van der Waals surface area contributed by atoms with Crippen LogP contribution in [0.5, 0.6) is 0 Å². The number of hydrogen-bond donors (Lipinski definition) is 2.